The van der Waals surface area contributed by atoms with E-state index in [2.05, 4.69) is 10.5 Å². The number of para-hydroxylation sites is 2. The summed E-state index contributed by atoms with van der Waals surface area (Å²) in [6.07, 6.45) is -0.267. The van der Waals surface area contributed by atoms with Gasteiger partial charge in [-0.3, -0.25) is 4.79 Å². The molecule has 1 aliphatic heterocycles. The highest BCUT2D eigenvalue weighted by Crippen LogP contribution is 2.31. The smallest absolute Gasteiger partial charge is 0.236 e. The first kappa shape index (κ1) is 11.4. The molecule has 2 rings (SSSR count). The van der Waals surface area contributed by atoms with Crippen LogP contribution in [0, 0.1) is 0 Å². The molecule has 0 aromatic heterocycles. The predicted octanol–water partition coefficient (Wildman–Crippen LogP) is 1.34. The van der Waals surface area contributed by atoms with Crippen molar-refractivity contribution in [2.45, 2.75) is 20.0 Å². The highest BCUT2D eigenvalue weighted by atomic mass is 16.6. The number of ether oxygens (including phenoxy) is 2. The highest BCUT2D eigenvalue weighted by Gasteiger charge is 2.22. The van der Waals surface area contributed by atoms with Gasteiger partial charge >= 0.3 is 0 Å². The first-order chi connectivity index (χ1) is 8.16. The van der Waals surface area contributed by atoms with Gasteiger partial charge in [-0.1, -0.05) is 12.1 Å². The van der Waals surface area contributed by atoms with Crippen LogP contribution < -0.4 is 14.9 Å². The Bertz CT molecular complexity index is 457. The number of nitrogens with zero attached hydrogens (tertiary/aromatic N) is 1. The van der Waals surface area contributed by atoms with Crippen LogP contribution in [0.15, 0.2) is 29.4 Å². The lowest BCUT2D eigenvalue weighted by Gasteiger charge is -2.26. The Morgan fingerprint density at radius 1 is 1.35 bits per heavy atom. The van der Waals surface area contributed by atoms with Crippen LogP contribution in [0.4, 0.5) is 0 Å². The highest BCUT2D eigenvalue weighted by molar-refractivity contribution is 5.88. The second kappa shape index (κ2) is 4.86. The Morgan fingerprint density at radius 2 is 2.06 bits per heavy atom. The lowest BCUT2D eigenvalue weighted by Crippen LogP contribution is -2.36. The van der Waals surface area contributed by atoms with Gasteiger partial charge in [0.25, 0.3) is 0 Å². The summed E-state index contributed by atoms with van der Waals surface area (Å²) < 4.78 is 11.3. The predicted molar refractivity (Wildman–Crippen MR) is 63.3 cm³/mol. The number of hydrazone groups is 1. The van der Waals surface area contributed by atoms with Crippen molar-refractivity contribution in [3.63, 3.8) is 0 Å². The lowest BCUT2D eigenvalue weighted by atomic mass is 10.2. The van der Waals surface area contributed by atoms with E-state index in [1.165, 1.54) is 6.92 Å². The maximum atomic E-state index is 10.7. The molecule has 0 saturated heterocycles. The van der Waals surface area contributed by atoms with E-state index < -0.39 is 0 Å². The fraction of sp³-hybridized carbons (Fsp3) is 0.333. The molecule has 1 aromatic rings. The van der Waals surface area contributed by atoms with Crippen LogP contribution in [0.2, 0.25) is 0 Å². The zero-order chi connectivity index (χ0) is 12.3. The summed E-state index contributed by atoms with van der Waals surface area (Å²) in [5, 5.41) is 3.93. The van der Waals surface area contributed by atoms with Gasteiger partial charge in [-0.2, -0.15) is 5.10 Å². The minimum atomic E-state index is -0.267. The molecule has 90 valence electrons. The Morgan fingerprint density at radius 3 is 2.76 bits per heavy atom. The van der Waals surface area contributed by atoms with Gasteiger partial charge in [-0.05, 0) is 19.1 Å². The summed E-state index contributed by atoms with van der Waals surface area (Å²) >= 11 is 0. The minimum Gasteiger partial charge on any atom is -0.485 e. The second-order valence-electron chi connectivity index (χ2n) is 3.79. The summed E-state index contributed by atoms with van der Waals surface area (Å²) in [5.41, 5.74) is 3.06. The standard InChI is InChI=1S/C12H14N2O3/c1-8(13-14-9(2)15)12-7-16-10-5-3-4-6-11(10)17-12/h3-6,12H,7H2,1-2H3,(H,14,15)/b13-8+/t12-/m0/s1. The zero-order valence-electron chi connectivity index (χ0n) is 9.77. The third-order valence-corrected chi connectivity index (χ3v) is 2.36. The van der Waals surface area contributed by atoms with E-state index >= 15 is 0 Å². The lowest BCUT2D eigenvalue weighted by molar-refractivity contribution is -0.118. The van der Waals surface area contributed by atoms with Crippen LogP contribution in [-0.2, 0) is 4.79 Å². The molecule has 0 aliphatic carbocycles. The van der Waals surface area contributed by atoms with Crippen LogP contribution >= 0.6 is 0 Å². The Labute approximate surface area is 99.4 Å². The number of hydrogen-bond donors (Lipinski definition) is 1. The van der Waals surface area contributed by atoms with E-state index in [0.29, 0.717) is 18.1 Å². The molecule has 0 spiro atoms. The summed E-state index contributed by atoms with van der Waals surface area (Å²) in [6, 6.07) is 7.46. The van der Waals surface area contributed by atoms with Gasteiger partial charge in [0, 0.05) is 6.92 Å². The maximum Gasteiger partial charge on any atom is 0.236 e. The molecule has 1 aromatic carbocycles. The minimum absolute atomic E-state index is 0.207. The van der Waals surface area contributed by atoms with Crippen molar-refractivity contribution < 1.29 is 14.3 Å². The van der Waals surface area contributed by atoms with Crippen LogP contribution in [-0.4, -0.2) is 24.3 Å². The molecular formula is C12H14N2O3. The Hall–Kier alpha value is -2.04. The summed E-state index contributed by atoms with van der Waals surface area (Å²) in [5.74, 6) is 1.22. The van der Waals surface area contributed by atoms with Gasteiger partial charge in [0.15, 0.2) is 17.6 Å². The van der Waals surface area contributed by atoms with Crippen molar-refractivity contribution in [2.24, 2.45) is 5.10 Å². The maximum absolute atomic E-state index is 10.7. The van der Waals surface area contributed by atoms with Crippen molar-refractivity contribution in [1.82, 2.24) is 5.43 Å². The van der Waals surface area contributed by atoms with Gasteiger partial charge < -0.3 is 9.47 Å². The van der Waals surface area contributed by atoms with Gasteiger partial charge in [0.1, 0.15) is 6.61 Å². The summed E-state index contributed by atoms with van der Waals surface area (Å²) in [7, 11) is 0. The SMILES string of the molecule is CC(=O)N/N=C(\C)[C@@H]1COc2ccccc2O1. The van der Waals surface area contributed by atoms with Crippen molar-refractivity contribution in [3.8, 4) is 11.5 Å². The normalized spacial score (nSPS) is 18.7. The van der Waals surface area contributed by atoms with E-state index in [-0.39, 0.29) is 12.0 Å². The van der Waals surface area contributed by atoms with Gasteiger partial charge in [0.2, 0.25) is 5.91 Å². The van der Waals surface area contributed by atoms with Gasteiger partial charge in [-0.15, -0.1) is 0 Å². The molecular weight excluding hydrogens is 220 g/mol. The largest absolute Gasteiger partial charge is 0.485 e. The molecule has 0 unspecified atom stereocenters. The molecule has 1 amide bonds. The Kier molecular flexibility index (Phi) is 3.27. The Balaban J connectivity index is 2.07. The topological polar surface area (TPSA) is 59.9 Å². The fourth-order valence-corrected chi connectivity index (χ4v) is 1.46. The number of rotatable bonds is 2. The number of hydrogen-bond acceptors (Lipinski definition) is 4. The third-order valence-electron chi connectivity index (χ3n) is 2.36. The number of carbonyl (C=O) groups is 1. The average molecular weight is 234 g/mol. The number of benzene rings is 1. The summed E-state index contributed by atoms with van der Waals surface area (Å²) in [6.45, 7) is 3.59. The zero-order valence-corrected chi connectivity index (χ0v) is 9.77. The summed E-state index contributed by atoms with van der Waals surface area (Å²) in [4.78, 5) is 10.7. The fourth-order valence-electron chi connectivity index (χ4n) is 1.46. The van der Waals surface area contributed by atoms with Gasteiger partial charge in [-0.25, -0.2) is 5.43 Å². The first-order valence-corrected chi connectivity index (χ1v) is 5.36. The van der Waals surface area contributed by atoms with Crippen LogP contribution in [0.25, 0.3) is 0 Å². The number of nitrogens with one attached hydrogen (secondary N) is 1. The first-order valence-electron chi connectivity index (χ1n) is 5.36. The molecule has 0 radical (unpaired) electrons. The van der Waals surface area contributed by atoms with E-state index in [9.17, 15) is 4.79 Å². The van der Waals surface area contributed by atoms with Crippen LogP contribution in [0.5, 0.6) is 11.5 Å². The van der Waals surface area contributed by atoms with Crippen molar-refractivity contribution in [3.05, 3.63) is 24.3 Å². The van der Waals surface area contributed by atoms with Crippen molar-refractivity contribution >= 4 is 11.6 Å². The van der Waals surface area contributed by atoms with Crippen LogP contribution in [0.1, 0.15) is 13.8 Å². The van der Waals surface area contributed by atoms with E-state index in [1.807, 2.05) is 24.3 Å². The van der Waals surface area contributed by atoms with Crippen LogP contribution in [0.3, 0.4) is 0 Å². The quantitative estimate of drug-likeness (QED) is 0.620. The average Bonchev–Trinajstić information content (AvgIpc) is 2.35. The van der Waals surface area contributed by atoms with Gasteiger partial charge in [0.05, 0.1) is 5.71 Å². The number of carbonyl (C=O) groups excluding carboxylic acids is 1. The van der Waals surface area contributed by atoms with E-state index in [4.69, 9.17) is 9.47 Å². The number of fused-ring (bicyclic) bond motifs is 1. The molecule has 0 bridgehead atoms. The molecule has 0 saturated carbocycles. The molecule has 17 heavy (non-hydrogen) atoms. The molecule has 1 heterocycles. The van der Waals surface area contributed by atoms with Crippen molar-refractivity contribution in [2.75, 3.05) is 6.61 Å². The molecule has 5 heteroatoms. The van der Waals surface area contributed by atoms with E-state index in [0.717, 1.165) is 5.75 Å². The number of amides is 1. The van der Waals surface area contributed by atoms with Crippen molar-refractivity contribution in [1.29, 1.82) is 0 Å². The van der Waals surface area contributed by atoms with E-state index in [1.54, 1.807) is 6.92 Å². The third kappa shape index (κ3) is 2.75. The molecule has 0 fully saturated rings. The second-order valence-corrected chi connectivity index (χ2v) is 3.79. The molecule has 5 nitrogen and oxygen atoms in total. The monoisotopic (exact) mass is 234 g/mol. The molecule has 1 atom stereocenters. The molecule has 1 N–H and O–H groups in total. The molecule has 1 aliphatic rings.